The van der Waals surface area contributed by atoms with Gasteiger partial charge in [0.05, 0.1) is 18.5 Å². The summed E-state index contributed by atoms with van der Waals surface area (Å²) in [5, 5.41) is 3.03. The van der Waals surface area contributed by atoms with E-state index in [2.05, 4.69) is 24.1 Å². The van der Waals surface area contributed by atoms with Crippen molar-refractivity contribution in [2.45, 2.75) is 117 Å². The molecule has 3 aromatic rings. The summed E-state index contributed by atoms with van der Waals surface area (Å²) in [6.45, 7) is 14.1. The fraction of sp³-hybridized carbons (Fsp3) is 0.640. The molecule has 0 saturated carbocycles. The highest BCUT2D eigenvalue weighted by molar-refractivity contribution is 5.91. The molecule has 5 aliphatic heterocycles. The topological polar surface area (TPSA) is 167 Å². The summed E-state index contributed by atoms with van der Waals surface area (Å²) >= 11 is 0. The van der Waals surface area contributed by atoms with Gasteiger partial charge in [-0.15, -0.1) is 0 Å². The van der Waals surface area contributed by atoms with Crippen LogP contribution in [0, 0.1) is 18.8 Å². The van der Waals surface area contributed by atoms with Crippen molar-refractivity contribution in [2.75, 3.05) is 77.4 Å². The molecule has 8 rings (SSSR count). The number of hydrogen-bond acceptors (Lipinski definition) is 10. The van der Waals surface area contributed by atoms with E-state index in [9.17, 15) is 28.8 Å². The first-order valence-corrected chi connectivity index (χ1v) is 24.0. The second kappa shape index (κ2) is 23.4. The number of oxazole rings is 1. The van der Waals surface area contributed by atoms with Gasteiger partial charge in [0.15, 0.2) is 11.7 Å². The minimum atomic E-state index is -1.00. The lowest BCUT2D eigenvalue weighted by Crippen LogP contribution is -2.51. The molecule has 16 heteroatoms. The van der Waals surface area contributed by atoms with Crippen molar-refractivity contribution in [1.82, 2.24) is 29.1 Å². The van der Waals surface area contributed by atoms with E-state index in [0.29, 0.717) is 82.0 Å². The summed E-state index contributed by atoms with van der Waals surface area (Å²) in [5.41, 5.74) is 4.72. The normalized spacial score (nSPS) is 19.3. The van der Waals surface area contributed by atoms with Crippen LogP contribution in [0.3, 0.4) is 0 Å². The summed E-state index contributed by atoms with van der Waals surface area (Å²) < 4.78 is 18.1. The number of anilines is 1. The molecule has 6 heterocycles. The Bertz CT molecular complexity index is 2200. The monoisotopic (exact) mass is 916 g/mol. The van der Waals surface area contributed by atoms with E-state index >= 15 is 0 Å². The third-order valence-electron chi connectivity index (χ3n) is 14.0. The predicted molar refractivity (Wildman–Crippen MR) is 253 cm³/mol. The molecule has 0 radical (unpaired) electrons. The molecule has 0 bridgehead atoms. The number of carbonyl (C=O) groups excluding carboxylic acids is 5. The predicted octanol–water partition coefficient (Wildman–Crippen LogP) is 6.60. The largest absolute Gasteiger partial charge is 0.466 e. The van der Waals surface area contributed by atoms with Gasteiger partial charge in [-0.2, -0.15) is 0 Å². The fourth-order valence-corrected chi connectivity index (χ4v) is 9.81. The molecule has 0 spiro atoms. The van der Waals surface area contributed by atoms with Crippen molar-refractivity contribution < 1.29 is 37.9 Å². The number of para-hydroxylation sites is 1. The number of aromatic nitrogens is 1. The molecule has 362 valence electrons. The highest BCUT2D eigenvalue weighted by atomic mass is 16.6. The zero-order valence-electron chi connectivity index (χ0n) is 38.9. The number of ether oxygens (including phenoxy) is 2. The van der Waals surface area contributed by atoms with Crippen LogP contribution in [0.1, 0.15) is 102 Å². The number of nitrogens with one attached hydrogen (secondary N) is 1. The maximum absolute atomic E-state index is 13.8. The Labute approximate surface area is 389 Å². The van der Waals surface area contributed by atoms with Crippen LogP contribution in [-0.4, -0.2) is 143 Å². The lowest BCUT2D eigenvalue weighted by Gasteiger charge is -2.38. The van der Waals surface area contributed by atoms with E-state index < -0.39 is 18.0 Å². The lowest BCUT2D eigenvalue weighted by molar-refractivity contribution is -0.144. The van der Waals surface area contributed by atoms with Crippen LogP contribution in [0.25, 0.3) is 11.1 Å². The number of likely N-dealkylation sites (tertiary alicyclic amines) is 4. The number of benzene rings is 2. The van der Waals surface area contributed by atoms with Crippen LogP contribution >= 0.6 is 0 Å². The zero-order chi connectivity index (χ0) is 46.0. The van der Waals surface area contributed by atoms with E-state index in [1.807, 2.05) is 47.1 Å². The minimum absolute atomic E-state index is 0. The van der Waals surface area contributed by atoms with Crippen molar-refractivity contribution in [2.24, 2.45) is 18.9 Å². The average Bonchev–Trinajstić information content (AvgIpc) is 3.79. The highest BCUT2D eigenvalue weighted by Gasteiger charge is 2.35. The summed E-state index contributed by atoms with van der Waals surface area (Å²) in [4.78, 5) is 85.0. The van der Waals surface area contributed by atoms with E-state index in [1.165, 1.54) is 17.4 Å². The van der Waals surface area contributed by atoms with Gasteiger partial charge in [0.2, 0.25) is 5.91 Å². The van der Waals surface area contributed by atoms with E-state index in [0.717, 1.165) is 93.1 Å². The number of rotatable bonds is 12. The van der Waals surface area contributed by atoms with Gasteiger partial charge in [-0.3, -0.25) is 19.0 Å². The highest BCUT2D eigenvalue weighted by Crippen LogP contribution is 2.27. The molecule has 1 aromatic heterocycles. The SMILES string of the molecule is C.CC1CCN(CCC(=O)OCCCN2CCCC2=O)CC1.Cc1cc(C[C@@H](OC(=O)N2CCC(N3CCc4ccccc4NC3=O)CC2)C(=O)N2CCC(C)CC2)cc2oc(=O)n(C)c12. The van der Waals surface area contributed by atoms with Gasteiger partial charge < -0.3 is 43.7 Å². The molecule has 4 saturated heterocycles. The van der Waals surface area contributed by atoms with Crippen LogP contribution in [0.15, 0.2) is 45.6 Å². The maximum Gasteiger partial charge on any atom is 0.419 e. The summed E-state index contributed by atoms with van der Waals surface area (Å²) in [7, 11) is 1.66. The van der Waals surface area contributed by atoms with E-state index in [1.54, 1.807) is 22.9 Å². The third-order valence-corrected chi connectivity index (χ3v) is 14.0. The van der Waals surface area contributed by atoms with Crippen molar-refractivity contribution in [3.05, 3.63) is 63.6 Å². The van der Waals surface area contributed by atoms with Crippen LogP contribution < -0.4 is 11.1 Å². The number of hydrogen-bond donors (Lipinski definition) is 1. The molecule has 16 nitrogen and oxygen atoms in total. The Morgan fingerprint density at radius 2 is 1.52 bits per heavy atom. The molecule has 5 aliphatic rings. The number of aryl methyl sites for hydroxylation is 2. The molecular formula is C50H73N7O9. The molecule has 0 unspecified atom stereocenters. The smallest absolute Gasteiger partial charge is 0.419 e. The Morgan fingerprint density at radius 1 is 0.833 bits per heavy atom. The number of fused-ring (bicyclic) bond motifs is 2. The Morgan fingerprint density at radius 3 is 2.21 bits per heavy atom. The Balaban J connectivity index is 0.000000275. The number of carbonyl (C=O) groups is 5. The summed E-state index contributed by atoms with van der Waals surface area (Å²) in [5.74, 6) is 0.844. The maximum atomic E-state index is 13.8. The average molecular weight is 916 g/mol. The first-order valence-electron chi connectivity index (χ1n) is 24.0. The third kappa shape index (κ3) is 12.9. The second-order valence-corrected chi connectivity index (χ2v) is 18.9. The first-order chi connectivity index (χ1) is 31.3. The fourth-order valence-electron chi connectivity index (χ4n) is 9.81. The van der Waals surface area contributed by atoms with Crippen molar-refractivity contribution in [3.8, 4) is 0 Å². The second-order valence-electron chi connectivity index (χ2n) is 18.9. The minimum Gasteiger partial charge on any atom is -0.466 e. The standard InChI is InChI=1S/C33H41N5O6.C16H28N2O3.CH4/c1-21-8-13-36(14-9-21)30(39)28(20-23-18-22(2)29-27(19-23)43-32(41)35(29)3)44-33(42)37-15-11-25(12-16-37)38-17-10-24-6-4-5-7-26(24)34-31(38)40;1-14-5-10-17(11-6-14)12-7-16(20)21-13-3-9-18-8-2-4-15(18)19;/h4-7,18-19,21,25,28H,8-17,20H2,1-3H3,(H,34,40);14H,2-13H2,1H3;1H4/t28-;;/m1../s1. The van der Waals surface area contributed by atoms with Gasteiger partial charge in [-0.1, -0.05) is 45.5 Å². The van der Waals surface area contributed by atoms with Crippen LogP contribution in [0.4, 0.5) is 15.3 Å². The number of amides is 5. The van der Waals surface area contributed by atoms with Gasteiger partial charge >= 0.3 is 23.8 Å². The zero-order valence-corrected chi connectivity index (χ0v) is 38.9. The number of nitrogens with zero attached hydrogens (tertiary/aromatic N) is 6. The molecule has 2 aromatic carbocycles. The van der Waals surface area contributed by atoms with Crippen molar-refractivity contribution in [1.29, 1.82) is 0 Å². The molecule has 5 amide bonds. The first kappa shape index (κ1) is 50.0. The van der Waals surface area contributed by atoms with Gasteiger partial charge in [0.1, 0.15) is 0 Å². The van der Waals surface area contributed by atoms with Gasteiger partial charge in [0.25, 0.3) is 5.91 Å². The van der Waals surface area contributed by atoms with Crippen molar-refractivity contribution in [3.63, 3.8) is 0 Å². The van der Waals surface area contributed by atoms with Gasteiger partial charge in [-0.05, 0) is 118 Å². The number of piperidine rings is 3. The lowest BCUT2D eigenvalue weighted by atomic mass is 9.98. The van der Waals surface area contributed by atoms with E-state index in [-0.39, 0.29) is 43.7 Å². The van der Waals surface area contributed by atoms with E-state index in [4.69, 9.17) is 13.9 Å². The van der Waals surface area contributed by atoms with Crippen molar-refractivity contribution >= 4 is 46.7 Å². The molecule has 66 heavy (non-hydrogen) atoms. The Hall–Kier alpha value is -5.38. The van der Waals surface area contributed by atoms with Crippen LogP contribution in [0.5, 0.6) is 0 Å². The summed E-state index contributed by atoms with van der Waals surface area (Å²) in [6.07, 6.45) is 7.85. The van der Waals surface area contributed by atoms with Gasteiger partial charge in [-0.25, -0.2) is 14.4 Å². The van der Waals surface area contributed by atoms with Crippen LogP contribution in [0.2, 0.25) is 0 Å². The number of esters is 1. The molecule has 1 atom stereocenters. The number of urea groups is 1. The summed E-state index contributed by atoms with van der Waals surface area (Å²) in [6, 6.07) is 11.4. The quantitative estimate of drug-likeness (QED) is 0.155. The Kier molecular flexibility index (Phi) is 17.7. The molecule has 1 N–H and O–H groups in total. The molecule has 0 aliphatic carbocycles. The van der Waals surface area contributed by atoms with Gasteiger partial charge in [0, 0.05) is 84.0 Å². The molecular weight excluding hydrogens is 843 g/mol. The molecule has 4 fully saturated rings. The van der Waals surface area contributed by atoms with Crippen LogP contribution in [-0.2, 0) is 43.7 Å².